The summed E-state index contributed by atoms with van der Waals surface area (Å²) < 4.78 is 13.5. The third kappa shape index (κ3) is 2.07. The molecule has 0 atom stereocenters. The average molecular weight is 259 g/mol. The molecule has 14 heavy (non-hydrogen) atoms. The topological polar surface area (TPSA) is 38.0 Å². The van der Waals surface area contributed by atoms with Gasteiger partial charge in [-0.3, -0.25) is 0 Å². The SMILES string of the molecule is NC1CC(Nc2ccc(F)cc2Br)C1. The van der Waals surface area contributed by atoms with Crippen molar-refractivity contribution in [3.05, 3.63) is 28.5 Å². The van der Waals surface area contributed by atoms with E-state index in [-0.39, 0.29) is 5.82 Å². The van der Waals surface area contributed by atoms with Gasteiger partial charge in [0.2, 0.25) is 0 Å². The highest BCUT2D eigenvalue weighted by Crippen LogP contribution is 2.28. The highest BCUT2D eigenvalue weighted by atomic mass is 79.9. The molecule has 0 bridgehead atoms. The van der Waals surface area contributed by atoms with Crippen molar-refractivity contribution >= 4 is 21.6 Å². The first-order chi connectivity index (χ1) is 6.65. The van der Waals surface area contributed by atoms with E-state index in [0.29, 0.717) is 12.1 Å². The van der Waals surface area contributed by atoms with E-state index < -0.39 is 0 Å². The summed E-state index contributed by atoms with van der Waals surface area (Å²) in [5.74, 6) is -0.229. The Hall–Kier alpha value is -0.610. The molecule has 2 nitrogen and oxygen atoms in total. The number of hydrogen-bond donors (Lipinski definition) is 2. The Balaban J connectivity index is 2.02. The fourth-order valence-corrected chi connectivity index (χ4v) is 2.07. The quantitative estimate of drug-likeness (QED) is 0.856. The normalized spacial score (nSPS) is 25.6. The standard InChI is InChI=1S/C10H12BrFN2/c11-9-3-6(12)1-2-10(9)14-8-4-7(13)5-8/h1-3,7-8,14H,4-5,13H2. The van der Waals surface area contributed by atoms with Crippen molar-refractivity contribution < 1.29 is 4.39 Å². The molecule has 1 aliphatic rings. The Morgan fingerprint density at radius 1 is 1.43 bits per heavy atom. The first kappa shape index (κ1) is 9.93. The zero-order valence-corrected chi connectivity index (χ0v) is 9.22. The maximum absolute atomic E-state index is 12.8. The summed E-state index contributed by atoms with van der Waals surface area (Å²) in [6.07, 6.45) is 1.98. The van der Waals surface area contributed by atoms with Crippen molar-refractivity contribution in [2.75, 3.05) is 5.32 Å². The summed E-state index contributed by atoms with van der Waals surface area (Å²) in [6, 6.07) is 5.41. The highest BCUT2D eigenvalue weighted by Gasteiger charge is 2.25. The second kappa shape index (κ2) is 3.87. The summed E-state index contributed by atoms with van der Waals surface area (Å²) in [7, 11) is 0. The summed E-state index contributed by atoms with van der Waals surface area (Å²) >= 11 is 3.31. The van der Waals surface area contributed by atoms with Gasteiger partial charge < -0.3 is 11.1 Å². The van der Waals surface area contributed by atoms with Gasteiger partial charge in [0.15, 0.2) is 0 Å². The molecule has 1 aromatic rings. The number of halogens is 2. The monoisotopic (exact) mass is 258 g/mol. The number of benzene rings is 1. The van der Waals surface area contributed by atoms with Crippen molar-refractivity contribution in [1.82, 2.24) is 0 Å². The minimum atomic E-state index is -0.229. The van der Waals surface area contributed by atoms with E-state index in [1.54, 1.807) is 6.07 Å². The van der Waals surface area contributed by atoms with Gasteiger partial charge in [-0.25, -0.2) is 4.39 Å². The van der Waals surface area contributed by atoms with Crippen molar-refractivity contribution in [3.8, 4) is 0 Å². The number of rotatable bonds is 2. The van der Waals surface area contributed by atoms with E-state index >= 15 is 0 Å². The molecule has 76 valence electrons. The van der Waals surface area contributed by atoms with Crippen LogP contribution in [0.25, 0.3) is 0 Å². The van der Waals surface area contributed by atoms with Crippen LogP contribution < -0.4 is 11.1 Å². The van der Waals surface area contributed by atoms with Gasteiger partial charge in [-0.1, -0.05) is 0 Å². The van der Waals surface area contributed by atoms with Gasteiger partial charge in [0.05, 0.1) is 0 Å². The molecule has 0 radical (unpaired) electrons. The van der Waals surface area contributed by atoms with E-state index in [1.807, 2.05) is 0 Å². The van der Waals surface area contributed by atoms with Gasteiger partial charge >= 0.3 is 0 Å². The molecule has 0 saturated heterocycles. The maximum atomic E-state index is 12.8. The lowest BCUT2D eigenvalue weighted by Crippen LogP contribution is -2.44. The molecule has 0 aliphatic heterocycles. The van der Waals surface area contributed by atoms with Crippen LogP contribution in [0.3, 0.4) is 0 Å². The second-order valence-corrected chi connectivity index (χ2v) is 4.55. The van der Waals surface area contributed by atoms with Gasteiger partial charge in [0, 0.05) is 22.2 Å². The Morgan fingerprint density at radius 3 is 2.71 bits per heavy atom. The molecule has 1 fully saturated rings. The summed E-state index contributed by atoms with van der Waals surface area (Å²) in [6.45, 7) is 0. The molecule has 1 saturated carbocycles. The van der Waals surface area contributed by atoms with E-state index in [9.17, 15) is 4.39 Å². The van der Waals surface area contributed by atoms with Crippen LogP contribution in [0.2, 0.25) is 0 Å². The van der Waals surface area contributed by atoms with E-state index in [2.05, 4.69) is 21.2 Å². The summed E-state index contributed by atoms with van der Waals surface area (Å²) in [5, 5.41) is 3.31. The molecule has 1 aromatic carbocycles. The molecule has 1 aliphatic carbocycles. The predicted octanol–water partition coefficient (Wildman–Crippen LogP) is 2.49. The van der Waals surface area contributed by atoms with E-state index in [4.69, 9.17) is 5.73 Å². The van der Waals surface area contributed by atoms with Crippen LogP contribution >= 0.6 is 15.9 Å². The van der Waals surface area contributed by atoms with Gasteiger partial charge in [-0.05, 0) is 47.0 Å². The van der Waals surface area contributed by atoms with Crippen LogP contribution in [-0.2, 0) is 0 Å². The zero-order valence-electron chi connectivity index (χ0n) is 7.63. The average Bonchev–Trinajstić information content (AvgIpc) is 2.06. The predicted molar refractivity (Wildman–Crippen MR) is 58.7 cm³/mol. The smallest absolute Gasteiger partial charge is 0.124 e. The Bertz CT molecular complexity index is 337. The molecule has 0 amide bonds. The second-order valence-electron chi connectivity index (χ2n) is 3.70. The molecule has 0 unspecified atom stereocenters. The van der Waals surface area contributed by atoms with Crippen LogP contribution in [0.5, 0.6) is 0 Å². The lowest BCUT2D eigenvalue weighted by Gasteiger charge is -2.34. The van der Waals surface area contributed by atoms with Crippen molar-refractivity contribution in [3.63, 3.8) is 0 Å². The molecule has 0 heterocycles. The third-order valence-corrected chi connectivity index (χ3v) is 3.12. The Morgan fingerprint density at radius 2 is 2.14 bits per heavy atom. The fraction of sp³-hybridized carbons (Fsp3) is 0.400. The van der Waals surface area contributed by atoms with Gasteiger partial charge in [0.1, 0.15) is 5.82 Å². The van der Waals surface area contributed by atoms with E-state index in [0.717, 1.165) is 23.0 Å². The van der Waals surface area contributed by atoms with Crippen molar-refractivity contribution in [2.24, 2.45) is 5.73 Å². The number of nitrogens with two attached hydrogens (primary N) is 1. The van der Waals surface area contributed by atoms with Crippen LogP contribution in [0.1, 0.15) is 12.8 Å². The fourth-order valence-electron chi connectivity index (χ4n) is 1.61. The first-order valence-electron chi connectivity index (χ1n) is 4.62. The third-order valence-electron chi connectivity index (χ3n) is 2.47. The minimum absolute atomic E-state index is 0.229. The van der Waals surface area contributed by atoms with Crippen LogP contribution in [-0.4, -0.2) is 12.1 Å². The molecule has 2 rings (SSSR count). The lowest BCUT2D eigenvalue weighted by atomic mass is 9.87. The first-order valence-corrected chi connectivity index (χ1v) is 5.41. The Kier molecular flexibility index (Phi) is 2.74. The molecule has 4 heteroatoms. The van der Waals surface area contributed by atoms with Crippen LogP contribution in [0, 0.1) is 5.82 Å². The summed E-state index contributed by atoms with van der Waals surface area (Å²) in [5.41, 5.74) is 6.61. The van der Waals surface area contributed by atoms with E-state index in [1.165, 1.54) is 12.1 Å². The lowest BCUT2D eigenvalue weighted by molar-refractivity contribution is 0.373. The summed E-state index contributed by atoms with van der Waals surface area (Å²) in [4.78, 5) is 0. The zero-order chi connectivity index (χ0) is 10.1. The number of anilines is 1. The van der Waals surface area contributed by atoms with Gasteiger partial charge in [-0.2, -0.15) is 0 Å². The van der Waals surface area contributed by atoms with Gasteiger partial charge in [-0.15, -0.1) is 0 Å². The largest absolute Gasteiger partial charge is 0.381 e. The van der Waals surface area contributed by atoms with Crippen LogP contribution in [0.15, 0.2) is 22.7 Å². The van der Waals surface area contributed by atoms with Crippen LogP contribution in [0.4, 0.5) is 10.1 Å². The molecule has 0 aromatic heterocycles. The minimum Gasteiger partial charge on any atom is -0.381 e. The molecular formula is C10H12BrFN2. The molecule has 3 N–H and O–H groups in total. The van der Waals surface area contributed by atoms with Crippen molar-refractivity contribution in [1.29, 1.82) is 0 Å². The highest BCUT2D eigenvalue weighted by molar-refractivity contribution is 9.10. The van der Waals surface area contributed by atoms with Gasteiger partial charge in [0.25, 0.3) is 0 Å². The molecular weight excluding hydrogens is 247 g/mol. The number of hydrogen-bond acceptors (Lipinski definition) is 2. The Labute approximate surface area is 90.8 Å². The van der Waals surface area contributed by atoms with Crippen molar-refractivity contribution in [2.45, 2.75) is 24.9 Å². The molecule has 0 spiro atoms. The maximum Gasteiger partial charge on any atom is 0.124 e. The number of nitrogens with one attached hydrogen (secondary N) is 1.